The van der Waals surface area contributed by atoms with Crippen molar-refractivity contribution in [2.45, 2.75) is 0 Å². The molecule has 0 unspecified atom stereocenters. The minimum absolute atomic E-state index is 0.212. The van der Waals surface area contributed by atoms with Crippen molar-refractivity contribution in [2.24, 2.45) is 0 Å². The Kier molecular flexibility index (Phi) is 7.26. The van der Waals surface area contributed by atoms with E-state index in [1.807, 2.05) is 0 Å². The highest BCUT2D eigenvalue weighted by Crippen LogP contribution is 2.47. The maximum atomic E-state index is 3.45. The molecular weight excluding hydrogens is 573 g/mol. The van der Waals surface area contributed by atoms with E-state index < -0.39 is 0 Å². The highest BCUT2D eigenvalue weighted by Gasteiger charge is 2.23. The van der Waals surface area contributed by atoms with E-state index in [1.165, 1.54) is 33.4 Å². The first-order valence-electron chi connectivity index (χ1n) is 12.7. The molecule has 0 aliphatic carbocycles. The molecule has 5 aromatic carbocycles. The predicted molar refractivity (Wildman–Crippen MR) is 172 cm³/mol. The first-order valence-corrected chi connectivity index (χ1v) is 15.0. The smallest absolute Gasteiger partial charge is 0.0618 e. The molecule has 0 radical (unpaired) electrons. The van der Waals surface area contributed by atoms with E-state index in [9.17, 15) is 0 Å². The SMILES string of the molecule is C1=CC=C(N(c2ccccc2)c2c(-c3ccccc3)cc(-c3ccccc3)cc2-c2ccccc2)C=CI=1. The van der Waals surface area contributed by atoms with E-state index in [2.05, 4.69) is 164 Å². The molecule has 182 valence electrons. The largest absolute Gasteiger partial charge is 0.309 e. The first-order chi connectivity index (χ1) is 18.9. The minimum atomic E-state index is -0.212. The molecule has 0 saturated carbocycles. The summed E-state index contributed by atoms with van der Waals surface area (Å²) in [5.74, 6) is 0. The highest BCUT2D eigenvalue weighted by molar-refractivity contribution is 14.2. The molecule has 0 bridgehead atoms. The monoisotopic (exact) mass is 599 g/mol. The van der Waals surface area contributed by atoms with Gasteiger partial charge in [0.1, 0.15) is 0 Å². The third-order valence-electron chi connectivity index (χ3n) is 6.56. The summed E-state index contributed by atoms with van der Waals surface area (Å²) in [6, 6.07) is 47.5. The van der Waals surface area contributed by atoms with Crippen molar-refractivity contribution in [3.05, 3.63) is 161 Å². The fourth-order valence-electron chi connectivity index (χ4n) is 4.82. The van der Waals surface area contributed by atoms with E-state index in [0.717, 1.165) is 17.1 Å². The summed E-state index contributed by atoms with van der Waals surface area (Å²) in [5.41, 5.74) is 10.6. The molecule has 0 amide bonds. The fraction of sp³-hybridized carbons (Fsp3) is 0. The van der Waals surface area contributed by atoms with Gasteiger partial charge in [0.25, 0.3) is 0 Å². The summed E-state index contributed by atoms with van der Waals surface area (Å²) in [4.78, 5) is 2.41. The number of allylic oxidation sites excluding steroid dienone is 3. The Labute approximate surface area is 234 Å². The summed E-state index contributed by atoms with van der Waals surface area (Å²) >= 11 is -0.212. The molecule has 1 nitrogen and oxygen atoms in total. The molecule has 1 aliphatic heterocycles. The number of rotatable bonds is 6. The molecule has 0 fully saturated rings. The number of anilines is 2. The van der Waals surface area contributed by atoms with Crippen LogP contribution in [0.5, 0.6) is 0 Å². The number of nitrogens with zero attached hydrogens (tertiary/aromatic N) is 1. The van der Waals surface area contributed by atoms with Crippen LogP contribution in [0.15, 0.2) is 161 Å². The van der Waals surface area contributed by atoms with E-state index in [0.29, 0.717) is 0 Å². The van der Waals surface area contributed by atoms with Crippen molar-refractivity contribution in [2.75, 3.05) is 4.90 Å². The molecular formula is C36H26IN. The zero-order valence-corrected chi connectivity index (χ0v) is 23.0. The maximum absolute atomic E-state index is 3.45. The van der Waals surface area contributed by atoms with Gasteiger partial charge in [-0.1, -0.05) is 113 Å². The average molecular weight is 600 g/mol. The molecule has 6 rings (SSSR count). The Morgan fingerprint density at radius 3 is 1.58 bits per heavy atom. The number of hydrogen-bond donors (Lipinski definition) is 0. The lowest BCUT2D eigenvalue weighted by atomic mass is 9.90. The van der Waals surface area contributed by atoms with Gasteiger partial charge in [-0.25, -0.2) is 0 Å². The fourth-order valence-corrected chi connectivity index (χ4v) is 5.97. The Morgan fingerprint density at radius 1 is 0.526 bits per heavy atom. The van der Waals surface area contributed by atoms with E-state index >= 15 is 0 Å². The Bertz CT molecular complexity index is 1600. The van der Waals surface area contributed by atoms with Crippen LogP contribution >= 0.6 is 20.7 Å². The van der Waals surface area contributed by atoms with E-state index in [4.69, 9.17) is 0 Å². The van der Waals surface area contributed by atoms with Gasteiger partial charge in [-0.15, -0.1) is 0 Å². The second-order valence-corrected chi connectivity index (χ2v) is 10.9. The lowest BCUT2D eigenvalue weighted by Gasteiger charge is -2.31. The van der Waals surface area contributed by atoms with Gasteiger partial charge in [0.05, 0.1) is 5.69 Å². The van der Waals surface area contributed by atoms with Crippen molar-refractivity contribution in [3.63, 3.8) is 0 Å². The molecule has 0 saturated heterocycles. The van der Waals surface area contributed by atoms with Crippen molar-refractivity contribution in [1.29, 1.82) is 0 Å². The summed E-state index contributed by atoms with van der Waals surface area (Å²) < 4.78 is 5.74. The number of halogens is 1. The first kappa shape index (κ1) is 24.1. The molecule has 1 aliphatic rings. The summed E-state index contributed by atoms with van der Waals surface area (Å²) in [7, 11) is 0. The van der Waals surface area contributed by atoms with Crippen molar-refractivity contribution in [3.8, 4) is 33.4 Å². The molecule has 0 aromatic heterocycles. The zero-order valence-electron chi connectivity index (χ0n) is 20.8. The van der Waals surface area contributed by atoms with Crippen molar-refractivity contribution < 1.29 is 0 Å². The third-order valence-corrected chi connectivity index (χ3v) is 8.00. The molecule has 1 heterocycles. The van der Waals surface area contributed by atoms with Crippen LogP contribution in [-0.4, -0.2) is 3.67 Å². The zero-order chi connectivity index (χ0) is 25.6. The standard InChI is InChI=1S/C36H26IN/c1-5-14-28(15-6-1)31-26-34(29-16-7-2-8-17-29)36(35(27-31)30-18-9-3-10-19-30)38(32-20-11-4-12-21-32)33-22-13-24-37-25-23-33/h1-23,25-27H. The van der Waals surface area contributed by atoms with Gasteiger partial charge in [-0.2, -0.15) is 0 Å². The van der Waals surface area contributed by atoms with Gasteiger partial charge in [0, 0.05) is 22.5 Å². The molecule has 2 heteroatoms. The van der Waals surface area contributed by atoms with Crippen LogP contribution in [0, 0.1) is 0 Å². The Morgan fingerprint density at radius 2 is 1.03 bits per heavy atom. The second kappa shape index (κ2) is 11.4. The number of hydrogen-bond acceptors (Lipinski definition) is 1. The minimum Gasteiger partial charge on any atom is -0.309 e. The van der Waals surface area contributed by atoms with Gasteiger partial charge in [-0.3, -0.25) is 0 Å². The molecule has 0 atom stereocenters. The van der Waals surface area contributed by atoms with Crippen LogP contribution < -0.4 is 4.90 Å². The van der Waals surface area contributed by atoms with Crippen molar-refractivity contribution >= 4 is 35.8 Å². The second-order valence-electron chi connectivity index (χ2n) is 8.96. The summed E-state index contributed by atoms with van der Waals surface area (Å²) in [6.07, 6.45) is 6.53. The van der Waals surface area contributed by atoms with Crippen LogP contribution in [0.2, 0.25) is 0 Å². The van der Waals surface area contributed by atoms with Crippen LogP contribution in [-0.2, 0) is 0 Å². The molecule has 38 heavy (non-hydrogen) atoms. The van der Waals surface area contributed by atoms with Crippen LogP contribution in [0.25, 0.3) is 33.4 Å². The van der Waals surface area contributed by atoms with Crippen LogP contribution in [0.3, 0.4) is 0 Å². The maximum Gasteiger partial charge on any atom is 0.0618 e. The van der Waals surface area contributed by atoms with Crippen LogP contribution in [0.1, 0.15) is 0 Å². The number of para-hydroxylation sites is 1. The Balaban J connectivity index is 1.73. The average Bonchev–Trinajstić information content (AvgIpc) is 3.29. The predicted octanol–water partition coefficient (Wildman–Crippen LogP) is 10.2. The quantitative estimate of drug-likeness (QED) is 0.176. The third kappa shape index (κ3) is 5.10. The van der Waals surface area contributed by atoms with E-state index in [-0.39, 0.29) is 20.7 Å². The lowest BCUT2D eigenvalue weighted by molar-refractivity contribution is 1.21. The normalized spacial score (nSPS) is 12.4. The summed E-state index contributed by atoms with van der Waals surface area (Å²) in [6.45, 7) is 0. The van der Waals surface area contributed by atoms with Crippen LogP contribution in [0.4, 0.5) is 11.4 Å². The van der Waals surface area contributed by atoms with Gasteiger partial charge in [-0.05, 0) is 89.6 Å². The Hall–Kier alpha value is -4.24. The van der Waals surface area contributed by atoms with Gasteiger partial charge >= 0.3 is 0 Å². The number of benzene rings is 5. The molecule has 0 N–H and O–H groups in total. The van der Waals surface area contributed by atoms with Gasteiger partial charge in [0.2, 0.25) is 0 Å². The molecule has 5 aromatic rings. The van der Waals surface area contributed by atoms with Gasteiger partial charge in [0.15, 0.2) is 0 Å². The highest BCUT2D eigenvalue weighted by atomic mass is 127. The lowest BCUT2D eigenvalue weighted by Crippen LogP contribution is -2.17. The molecule has 0 spiro atoms. The topological polar surface area (TPSA) is 3.24 Å². The summed E-state index contributed by atoms with van der Waals surface area (Å²) in [5, 5.41) is 0. The van der Waals surface area contributed by atoms with Gasteiger partial charge < -0.3 is 4.90 Å². The van der Waals surface area contributed by atoms with Crippen molar-refractivity contribution in [1.82, 2.24) is 0 Å². The van der Waals surface area contributed by atoms with E-state index in [1.54, 1.807) is 0 Å².